The molecule has 0 radical (unpaired) electrons. The van der Waals surface area contributed by atoms with Crippen LogP contribution < -0.4 is 5.73 Å². The van der Waals surface area contributed by atoms with Gasteiger partial charge in [-0.1, -0.05) is 20.8 Å². The molecule has 0 saturated heterocycles. The van der Waals surface area contributed by atoms with Crippen molar-refractivity contribution >= 4 is 43.2 Å². The molecule has 108 valence electrons. The van der Waals surface area contributed by atoms with Gasteiger partial charge in [0.1, 0.15) is 0 Å². The summed E-state index contributed by atoms with van der Waals surface area (Å²) < 4.78 is 2.35. The van der Waals surface area contributed by atoms with Crippen LogP contribution in [-0.4, -0.2) is 0 Å². The Bertz CT molecular complexity index is 428. The monoisotopic (exact) mass is 407 g/mol. The average Bonchev–Trinajstić information content (AvgIpc) is 2.66. The Morgan fingerprint density at radius 2 is 1.79 bits per heavy atom. The van der Waals surface area contributed by atoms with E-state index >= 15 is 0 Å². The number of hydrogen-bond donors (Lipinski definition) is 1. The summed E-state index contributed by atoms with van der Waals surface area (Å²) in [6.45, 7) is 7.10. The summed E-state index contributed by atoms with van der Waals surface area (Å²) in [7, 11) is 0. The lowest BCUT2D eigenvalue weighted by Crippen LogP contribution is -2.30. The van der Waals surface area contributed by atoms with Crippen molar-refractivity contribution in [1.29, 1.82) is 0 Å². The average molecular weight is 409 g/mol. The Hall–Kier alpha value is 0.620. The van der Waals surface area contributed by atoms with Gasteiger partial charge >= 0.3 is 0 Å². The molecule has 1 aliphatic rings. The quantitative estimate of drug-likeness (QED) is 0.625. The first-order chi connectivity index (χ1) is 8.79. The zero-order valence-electron chi connectivity index (χ0n) is 11.9. The van der Waals surface area contributed by atoms with E-state index in [0.29, 0.717) is 11.3 Å². The highest BCUT2D eigenvalue weighted by Crippen LogP contribution is 2.45. The molecule has 1 heterocycles. The Labute approximate surface area is 137 Å². The third kappa shape index (κ3) is 3.84. The molecule has 1 unspecified atom stereocenters. The summed E-state index contributed by atoms with van der Waals surface area (Å²) in [6, 6.07) is 2.35. The first kappa shape index (κ1) is 16.0. The van der Waals surface area contributed by atoms with Gasteiger partial charge in [-0.25, -0.2) is 0 Å². The Kier molecular flexibility index (Phi) is 5.19. The van der Waals surface area contributed by atoms with Gasteiger partial charge in [-0.2, -0.15) is 0 Å². The van der Waals surface area contributed by atoms with Crippen LogP contribution in [0.5, 0.6) is 0 Å². The van der Waals surface area contributed by atoms with Crippen LogP contribution in [0.4, 0.5) is 0 Å². The molecule has 2 rings (SSSR count). The highest BCUT2D eigenvalue weighted by molar-refractivity contribution is 9.12. The van der Waals surface area contributed by atoms with Crippen molar-refractivity contribution in [3.8, 4) is 0 Å². The van der Waals surface area contributed by atoms with Crippen molar-refractivity contribution in [3.05, 3.63) is 19.2 Å². The highest BCUT2D eigenvalue weighted by Gasteiger charge is 2.32. The Morgan fingerprint density at radius 3 is 2.21 bits per heavy atom. The van der Waals surface area contributed by atoms with E-state index in [1.807, 2.05) is 0 Å². The van der Waals surface area contributed by atoms with Gasteiger partial charge in [0, 0.05) is 6.04 Å². The smallest absolute Gasteiger partial charge is 0.0758 e. The van der Waals surface area contributed by atoms with E-state index in [4.69, 9.17) is 5.73 Å². The van der Waals surface area contributed by atoms with Gasteiger partial charge in [0.2, 0.25) is 0 Å². The largest absolute Gasteiger partial charge is 0.324 e. The van der Waals surface area contributed by atoms with Crippen LogP contribution in [-0.2, 0) is 0 Å². The lowest BCUT2D eigenvalue weighted by molar-refractivity contribution is 0.139. The summed E-state index contributed by atoms with van der Waals surface area (Å²) in [6.07, 6.45) is 5.18. The third-order valence-corrected chi connectivity index (χ3v) is 6.93. The highest BCUT2D eigenvalue weighted by atomic mass is 79.9. The minimum Gasteiger partial charge on any atom is -0.324 e. The van der Waals surface area contributed by atoms with Gasteiger partial charge in [0.15, 0.2) is 0 Å². The molecular formula is C15H23Br2NS. The van der Waals surface area contributed by atoms with E-state index in [1.54, 1.807) is 11.3 Å². The normalized spacial score (nSPS) is 26.4. The van der Waals surface area contributed by atoms with Crippen molar-refractivity contribution in [2.45, 2.75) is 52.5 Å². The maximum absolute atomic E-state index is 6.49. The number of hydrogen-bond acceptors (Lipinski definition) is 2. The van der Waals surface area contributed by atoms with E-state index < -0.39 is 0 Å². The summed E-state index contributed by atoms with van der Waals surface area (Å²) in [5, 5.41) is 0. The molecule has 1 atom stereocenters. The van der Waals surface area contributed by atoms with Crippen LogP contribution in [0.2, 0.25) is 0 Å². The van der Waals surface area contributed by atoms with Gasteiger partial charge in [-0.05, 0) is 86.4 Å². The molecule has 1 aromatic heterocycles. The fourth-order valence-electron chi connectivity index (χ4n) is 3.18. The molecule has 0 amide bonds. The molecule has 0 spiro atoms. The minimum atomic E-state index is 0.179. The standard InChI is InChI=1S/C15H23Br2NS/c1-15(2,3)10-6-4-9(5-7-10)13(18)11-8-12(16)19-14(11)17/h8-10,13H,4-7,18H2,1-3H3. The molecule has 0 aromatic carbocycles. The number of halogens is 2. The van der Waals surface area contributed by atoms with Gasteiger partial charge < -0.3 is 5.73 Å². The fourth-order valence-corrected chi connectivity index (χ4v) is 6.13. The predicted molar refractivity (Wildman–Crippen MR) is 91.6 cm³/mol. The minimum absolute atomic E-state index is 0.179. The first-order valence-corrected chi connectivity index (χ1v) is 9.39. The van der Waals surface area contributed by atoms with Gasteiger partial charge in [0.25, 0.3) is 0 Å². The second-order valence-corrected chi connectivity index (χ2v) is 10.5. The summed E-state index contributed by atoms with van der Waals surface area (Å²) in [5.41, 5.74) is 8.21. The molecule has 1 nitrogen and oxygen atoms in total. The summed E-state index contributed by atoms with van der Waals surface area (Å²) in [4.78, 5) is 0. The van der Waals surface area contributed by atoms with Gasteiger partial charge in [-0.3, -0.25) is 0 Å². The number of rotatable bonds is 2. The molecule has 4 heteroatoms. The SMILES string of the molecule is CC(C)(C)C1CCC(C(N)c2cc(Br)sc2Br)CC1. The van der Waals surface area contributed by atoms with Crippen LogP contribution in [0.1, 0.15) is 58.1 Å². The third-order valence-electron chi connectivity index (χ3n) is 4.55. The maximum atomic E-state index is 6.49. The Morgan fingerprint density at radius 1 is 1.21 bits per heavy atom. The van der Waals surface area contributed by atoms with Crippen LogP contribution in [0.25, 0.3) is 0 Å². The molecule has 2 N–H and O–H groups in total. The predicted octanol–water partition coefficient (Wildman–Crippen LogP) is 6.13. The van der Waals surface area contributed by atoms with E-state index in [1.165, 1.54) is 35.0 Å². The van der Waals surface area contributed by atoms with Gasteiger partial charge in [-0.15, -0.1) is 11.3 Å². The van der Waals surface area contributed by atoms with E-state index in [0.717, 1.165) is 9.70 Å². The van der Waals surface area contributed by atoms with Crippen molar-refractivity contribution in [3.63, 3.8) is 0 Å². The lowest BCUT2D eigenvalue weighted by Gasteiger charge is -2.38. The van der Waals surface area contributed by atoms with Crippen molar-refractivity contribution in [1.82, 2.24) is 0 Å². The molecule has 1 aliphatic carbocycles. The fraction of sp³-hybridized carbons (Fsp3) is 0.733. The van der Waals surface area contributed by atoms with E-state index in [2.05, 4.69) is 58.7 Å². The summed E-state index contributed by atoms with van der Waals surface area (Å²) in [5.74, 6) is 1.49. The molecule has 19 heavy (non-hydrogen) atoms. The van der Waals surface area contributed by atoms with Crippen molar-refractivity contribution in [2.75, 3.05) is 0 Å². The zero-order chi connectivity index (χ0) is 14.2. The topological polar surface area (TPSA) is 26.0 Å². The number of thiophene rings is 1. The van der Waals surface area contributed by atoms with E-state index in [9.17, 15) is 0 Å². The summed E-state index contributed by atoms with van der Waals surface area (Å²) >= 11 is 8.90. The van der Waals surface area contributed by atoms with Crippen LogP contribution in [0, 0.1) is 17.3 Å². The van der Waals surface area contributed by atoms with Crippen LogP contribution >= 0.6 is 43.2 Å². The second kappa shape index (κ2) is 6.17. The molecule has 0 aliphatic heterocycles. The van der Waals surface area contributed by atoms with E-state index in [-0.39, 0.29) is 6.04 Å². The second-order valence-electron chi connectivity index (χ2n) is 6.78. The molecule has 1 aromatic rings. The first-order valence-electron chi connectivity index (χ1n) is 6.99. The van der Waals surface area contributed by atoms with Crippen molar-refractivity contribution < 1.29 is 0 Å². The molecule has 1 fully saturated rings. The van der Waals surface area contributed by atoms with Crippen LogP contribution in [0.3, 0.4) is 0 Å². The van der Waals surface area contributed by atoms with Gasteiger partial charge in [0.05, 0.1) is 7.57 Å². The zero-order valence-corrected chi connectivity index (χ0v) is 15.9. The Balaban J connectivity index is 2.00. The van der Waals surface area contributed by atoms with Crippen molar-refractivity contribution in [2.24, 2.45) is 23.0 Å². The molecular weight excluding hydrogens is 386 g/mol. The lowest BCUT2D eigenvalue weighted by atomic mass is 9.68. The molecule has 1 saturated carbocycles. The molecule has 0 bridgehead atoms. The number of nitrogens with two attached hydrogens (primary N) is 1. The maximum Gasteiger partial charge on any atom is 0.0758 e. The van der Waals surface area contributed by atoms with Crippen LogP contribution in [0.15, 0.2) is 13.6 Å².